The fraction of sp³-hybridized carbons (Fsp3) is 0.647. The molecular formula is C17H28O. The molecule has 0 amide bonds. The Morgan fingerprint density at radius 1 is 1.00 bits per heavy atom. The van der Waals surface area contributed by atoms with Crippen LogP contribution in [0, 0.1) is 5.41 Å². The van der Waals surface area contributed by atoms with E-state index in [1.165, 1.54) is 31.2 Å². The summed E-state index contributed by atoms with van der Waals surface area (Å²) in [5, 5.41) is 0. The molecule has 0 radical (unpaired) electrons. The number of hydrogen-bond acceptors (Lipinski definition) is 1. The Morgan fingerprint density at radius 2 is 1.61 bits per heavy atom. The van der Waals surface area contributed by atoms with E-state index in [0.717, 1.165) is 5.75 Å². The zero-order valence-electron chi connectivity index (χ0n) is 12.6. The van der Waals surface area contributed by atoms with Crippen LogP contribution in [0.15, 0.2) is 24.3 Å². The molecule has 0 saturated heterocycles. The third-order valence-corrected chi connectivity index (χ3v) is 2.94. The molecule has 0 heterocycles. The molecule has 0 unspecified atom stereocenters. The van der Waals surface area contributed by atoms with E-state index in [4.69, 9.17) is 4.74 Å². The van der Waals surface area contributed by atoms with Gasteiger partial charge >= 0.3 is 0 Å². The Morgan fingerprint density at radius 3 is 2.11 bits per heavy atom. The molecular weight excluding hydrogens is 220 g/mol. The summed E-state index contributed by atoms with van der Waals surface area (Å²) in [5.74, 6) is 0.975. The molecule has 0 aliphatic rings. The molecule has 1 aromatic rings. The molecule has 0 atom stereocenters. The van der Waals surface area contributed by atoms with Gasteiger partial charge in [-0.05, 0) is 56.2 Å². The third kappa shape index (κ3) is 6.68. The number of ether oxygens (including phenoxy) is 1. The van der Waals surface area contributed by atoms with Crippen LogP contribution in [0.5, 0.6) is 5.75 Å². The summed E-state index contributed by atoms with van der Waals surface area (Å²) >= 11 is 0. The second-order valence-corrected chi connectivity index (χ2v) is 6.58. The maximum absolute atomic E-state index is 5.64. The molecule has 0 bridgehead atoms. The van der Waals surface area contributed by atoms with E-state index in [1.54, 1.807) is 0 Å². The van der Waals surface area contributed by atoms with Gasteiger partial charge in [-0.15, -0.1) is 0 Å². The van der Waals surface area contributed by atoms with Crippen molar-refractivity contribution >= 4 is 0 Å². The second kappa shape index (κ2) is 6.82. The summed E-state index contributed by atoms with van der Waals surface area (Å²) in [7, 11) is 0. The average Bonchev–Trinajstić information content (AvgIpc) is 2.24. The Hall–Kier alpha value is -0.980. The van der Waals surface area contributed by atoms with Crippen LogP contribution in [0.1, 0.15) is 59.4 Å². The van der Waals surface area contributed by atoms with Gasteiger partial charge in [0.2, 0.25) is 0 Å². The minimum atomic E-state index is 0.252. The average molecular weight is 248 g/mol. The number of aryl methyl sites for hydroxylation is 1. The van der Waals surface area contributed by atoms with Gasteiger partial charge in [-0.25, -0.2) is 0 Å². The van der Waals surface area contributed by atoms with Gasteiger partial charge in [0.15, 0.2) is 0 Å². The highest BCUT2D eigenvalue weighted by atomic mass is 16.5. The van der Waals surface area contributed by atoms with E-state index in [9.17, 15) is 0 Å². The number of unbranched alkanes of at least 4 members (excludes halogenated alkanes) is 1. The van der Waals surface area contributed by atoms with E-state index in [2.05, 4.69) is 58.9 Å². The summed E-state index contributed by atoms with van der Waals surface area (Å²) in [6.07, 6.45) is 5.33. The summed E-state index contributed by atoms with van der Waals surface area (Å²) in [6, 6.07) is 8.54. The van der Waals surface area contributed by atoms with Crippen molar-refractivity contribution < 1.29 is 4.74 Å². The second-order valence-electron chi connectivity index (χ2n) is 6.58. The van der Waals surface area contributed by atoms with Crippen LogP contribution in [0.3, 0.4) is 0 Å². The molecule has 0 aliphatic heterocycles. The zero-order chi connectivity index (χ0) is 13.6. The van der Waals surface area contributed by atoms with Gasteiger partial charge in [0.25, 0.3) is 0 Å². The van der Waals surface area contributed by atoms with Crippen molar-refractivity contribution in [3.8, 4) is 5.75 Å². The molecule has 1 nitrogen and oxygen atoms in total. The van der Waals surface area contributed by atoms with Gasteiger partial charge in [-0.1, -0.05) is 39.3 Å². The molecule has 0 spiro atoms. The lowest BCUT2D eigenvalue weighted by molar-refractivity contribution is 0.242. The number of benzene rings is 1. The summed E-state index contributed by atoms with van der Waals surface area (Å²) in [5.41, 5.74) is 1.88. The van der Waals surface area contributed by atoms with Crippen molar-refractivity contribution in [1.29, 1.82) is 0 Å². The minimum absolute atomic E-state index is 0.252. The normalized spacial score (nSPS) is 11.9. The predicted molar refractivity (Wildman–Crippen MR) is 79.2 cm³/mol. The smallest absolute Gasteiger partial charge is 0.119 e. The molecule has 18 heavy (non-hydrogen) atoms. The van der Waals surface area contributed by atoms with Crippen LogP contribution in [-0.4, -0.2) is 6.10 Å². The first kappa shape index (κ1) is 15.1. The summed E-state index contributed by atoms with van der Waals surface area (Å²) < 4.78 is 5.64. The number of rotatable bonds is 6. The van der Waals surface area contributed by atoms with Gasteiger partial charge in [0.05, 0.1) is 6.10 Å². The third-order valence-electron chi connectivity index (χ3n) is 2.94. The molecule has 1 rings (SSSR count). The molecule has 1 heteroatoms. The van der Waals surface area contributed by atoms with Crippen LogP contribution in [0.4, 0.5) is 0 Å². The molecule has 0 aromatic heterocycles. The van der Waals surface area contributed by atoms with Crippen LogP contribution in [0.2, 0.25) is 0 Å². The molecule has 0 aliphatic carbocycles. The van der Waals surface area contributed by atoms with Crippen molar-refractivity contribution in [3.63, 3.8) is 0 Å². The maximum Gasteiger partial charge on any atom is 0.119 e. The van der Waals surface area contributed by atoms with Gasteiger partial charge in [-0.2, -0.15) is 0 Å². The largest absolute Gasteiger partial charge is 0.491 e. The first-order valence-corrected chi connectivity index (χ1v) is 7.12. The zero-order valence-corrected chi connectivity index (χ0v) is 12.6. The van der Waals surface area contributed by atoms with Crippen molar-refractivity contribution in [2.75, 3.05) is 0 Å². The lowest BCUT2D eigenvalue weighted by atomic mass is 9.89. The van der Waals surface area contributed by atoms with Gasteiger partial charge in [-0.3, -0.25) is 0 Å². The Labute approximate surface area is 113 Å². The SMILES string of the molecule is CC(C)Oc1ccc(CCCCC(C)(C)C)cc1. The standard InChI is InChI=1S/C17H28O/c1-14(2)18-16-11-9-15(10-12-16)8-6-7-13-17(3,4)5/h9-12,14H,6-8,13H2,1-5H3. The Balaban J connectivity index is 2.31. The van der Waals surface area contributed by atoms with Gasteiger partial charge in [0.1, 0.15) is 5.75 Å². The lowest BCUT2D eigenvalue weighted by Crippen LogP contribution is -2.05. The molecule has 0 fully saturated rings. The van der Waals surface area contributed by atoms with Crippen molar-refractivity contribution in [2.24, 2.45) is 5.41 Å². The quantitative estimate of drug-likeness (QED) is 0.626. The highest BCUT2D eigenvalue weighted by molar-refractivity contribution is 5.27. The molecule has 0 saturated carbocycles. The number of hydrogen-bond donors (Lipinski definition) is 0. The summed E-state index contributed by atoms with van der Waals surface area (Å²) in [4.78, 5) is 0. The fourth-order valence-corrected chi connectivity index (χ4v) is 1.99. The highest BCUT2D eigenvalue weighted by Crippen LogP contribution is 2.22. The molecule has 0 N–H and O–H groups in total. The monoisotopic (exact) mass is 248 g/mol. The van der Waals surface area contributed by atoms with Crippen LogP contribution in [-0.2, 0) is 6.42 Å². The fourth-order valence-electron chi connectivity index (χ4n) is 1.99. The van der Waals surface area contributed by atoms with Crippen molar-refractivity contribution in [2.45, 2.75) is 66.4 Å². The van der Waals surface area contributed by atoms with Gasteiger partial charge < -0.3 is 4.74 Å². The van der Waals surface area contributed by atoms with Crippen LogP contribution < -0.4 is 4.74 Å². The first-order chi connectivity index (χ1) is 8.37. The van der Waals surface area contributed by atoms with E-state index in [1.807, 2.05) is 0 Å². The van der Waals surface area contributed by atoms with Crippen molar-refractivity contribution in [3.05, 3.63) is 29.8 Å². The molecule has 1 aromatic carbocycles. The first-order valence-electron chi connectivity index (χ1n) is 7.12. The minimum Gasteiger partial charge on any atom is -0.491 e. The highest BCUT2D eigenvalue weighted by Gasteiger charge is 2.08. The van der Waals surface area contributed by atoms with E-state index in [-0.39, 0.29) is 6.10 Å². The Bertz CT molecular complexity index is 330. The predicted octanol–water partition coefficient (Wildman–Crippen LogP) is 5.23. The molecule has 102 valence electrons. The van der Waals surface area contributed by atoms with Crippen molar-refractivity contribution in [1.82, 2.24) is 0 Å². The van der Waals surface area contributed by atoms with Crippen LogP contribution in [0.25, 0.3) is 0 Å². The lowest BCUT2D eigenvalue weighted by Gasteiger charge is -2.17. The topological polar surface area (TPSA) is 9.23 Å². The Kier molecular flexibility index (Phi) is 5.71. The maximum atomic E-state index is 5.64. The van der Waals surface area contributed by atoms with E-state index < -0.39 is 0 Å². The van der Waals surface area contributed by atoms with E-state index in [0.29, 0.717) is 5.41 Å². The van der Waals surface area contributed by atoms with Gasteiger partial charge in [0, 0.05) is 0 Å². The van der Waals surface area contributed by atoms with Crippen LogP contribution >= 0.6 is 0 Å². The van der Waals surface area contributed by atoms with E-state index >= 15 is 0 Å². The summed E-state index contributed by atoms with van der Waals surface area (Å²) in [6.45, 7) is 11.0.